The Morgan fingerprint density at radius 3 is 2.49 bits per heavy atom. The molecule has 4 rings (SSSR count). The van der Waals surface area contributed by atoms with Crippen LogP contribution >= 0.6 is 0 Å². The van der Waals surface area contributed by atoms with Crippen LogP contribution in [0.4, 0.5) is 45.2 Å². The van der Waals surface area contributed by atoms with Gasteiger partial charge in [0.25, 0.3) is 17.9 Å². The van der Waals surface area contributed by atoms with Crippen molar-refractivity contribution in [2.24, 2.45) is 16.6 Å². The summed E-state index contributed by atoms with van der Waals surface area (Å²) in [6.45, 7) is -3.41. The molecule has 1 fully saturated rings. The van der Waals surface area contributed by atoms with Gasteiger partial charge in [0.15, 0.2) is 6.61 Å². The number of pyridine rings is 1. The fraction of sp³-hybridized carbons (Fsp3) is 0.435. The fourth-order valence-corrected chi connectivity index (χ4v) is 4.48. The van der Waals surface area contributed by atoms with Crippen LogP contribution in [0.3, 0.4) is 0 Å². The van der Waals surface area contributed by atoms with E-state index in [9.17, 15) is 44.3 Å². The summed E-state index contributed by atoms with van der Waals surface area (Å²) in [6, 6.07) is 4.23. The number of hydrogen-bond acceptors (Lipinski definition) is 6. The Labute approximate surface area is 214 Å². The molecule has 0 bridgehead atoms. The summed E-state index contributed by atoms with van der Waals surface area (Å²) in [7, 11) is 0. The quantitative estimate of drug-likeness (QED) is 0.458. The molecule has 1 aromatic heterocycles. The van der Waals surface area contributed by atoms with Crippen LogP contribution in [-0.2, 0) is 10.3 Å². The monoisotopic (exact) mass is 570 g/mol. The Kier molecular flexibility index (Phi) is 7.10. The van der Waals surface area contributed by atoms with Gasteiger partial charge in [0.1, 0.15) is 35.6 Å². The second-order valence-electron chi connectivity index (χ2n) is 9.05. The Morgan fingerprint density at radius 2 is 1.87 bits per heavy atom. The first-order chi connectivity index (χ1) is 18.1. The standard InChI is InChI=1S/C23H19F9N4O3/c24-9-21(14-6-20(26,27)7-17(14)39-19(33)36-21)13-5-11(1-3-15(13)25)35-18(37)16-4-2-12(8-34-16)38-10-22(28,29)23(30,31)32/h1-5,8,14,17H,6-7,9-10H2,(H2,33,36)(H,35,37)/t14-,17+,21+/m0/s1. The number of nitrogens with zero attached hydrogens (tertiary/aromatic N) is 2. The molecule has 2 aromatic rings. The highest BCUT2D eigenvalue weighted by Crippen LogP contribution is 2.53. The van der Waals surface area contributed by atoms with Crippen LogP contribution in [0.1, 0.15) is 28.9 Å². The van der Waals surface area contributed by atoms with E-state index in [0.29, 0.717) is 0 Å². The van der Waals surface area contributed by atoms with Gasteiger partial charge in [0.2, 0.25) is 0 Å². The first kappa shape index (κ1) is 28.3. The number of amides is 1. The van der Waals surface area contributed by atoms with E-state index in [1.807, 2.05) is 0 Å². The highest BCUT2D eigenvalue weighted by Gasteiger charge is 2.60. The van der Waals surface area contributed by atoms with E-state index in [1.54, 1.807) is 0 Å². The van der Waals surface area contributed by atoms with Gasteiger partial charge in [0, 0.05) is 30.0 Å². The molecule has 39 heavy (non-hydrogen) atoms. The largest absolute Gasteiger partial charge is 0.485 e. The highest BCUT2D eigenvalue weighted by molar-refractivity contribution is 6.02. The maximum Gasteiger partial charge on any atom is 0.456 e. The fourth-order valence-electron chi connectivity index (χ4n) is 4.48. The van der Waals surface area contributed by atoms with Crippen molar-refractivity contribution < 1.29 is 53.8 Å². The van der Waals surface area contributed by atoms with E-state index in [2.05, 4.69) is 20.0 Å². The minimum Gasteiger partial charge on any atom is -0.485 e. The molecule has 1 aliphatic heterocycles. The summed E-state index contributed by atoms with van der Waals surface area (Å²) in [5, 5.41) is 2.33. The predicted octanol–water partition coefficient (Wildman–Crippen LogP) is 4.97. The lowest BCUT2D eigenvalue weighted by Gasteiger charge is -2.40. The third kappa shape index (κ3) is 5.54. The number of fused-ring (bicyclic) bond motifs is 1. The van der Waals surface area contributed by atoms with E-state index in [1.165, 1.54) is 0 Å². The number of rotatable bonds is 7. The number of ether oxygens (including phenoxy) is 2. The van der Waals surface area contributed by atoms with Gasteiger partial charge >= 0.3 is 12.1 Å². The minimum absolute atomic E-state index is 0.113. The zero-order valence-electron chi connectivity index (χ0n) is 19.5. The number of amidine groups is 1. The number of nitrogens with two attached hydrogens (primary N) is 1. The van der Waals surface area contributed by atoms with Crippen LogP contribution < -0.4 is 15.8 Å². The van der Waals surface area contributed by atoms with Crippen LogP contribution in [0.5, 0.6) is 5.75 Å². The van der Waals surface area contributed by atoms with Crippen molar-refractivity contribution in [3.63, 3.8) is 0 Å². The van der Waals surface area contributed by atoms with Gasteiger partial charge in [-0.1, -0.05) is 0 Å². The molecule has 1 aromatic carbocycles. The van der Waals surface area contributed by atoms with Crippen LogP contribution in [-0.4, -0.2) is 54.3 Å². The van der Waals surface area contributed by atoms with Crippen LogP contribution in [0, 0.1) is 11.7 Å². The van der Waals surface area contributed by atoms with Crippen molar-refractivity contribution in [3.8, 4) is 5.75 Å². The van der Waals surface area contributed by atoms with Gasteiger partial charge in [-0.25, -0.2) is 27.5 Å². The third-order valence-electron chi connectivity index (χ3n) is 6.36. The van der Waals surface area contributed by atoms with Crippen molar-refractivity contribution >= 4 is 17.6 Å². The SMILES string of the molecule is NC1=N[C@](CF)(c2cc(NC(=O)c3ccc(OCC(F)(F)C(F)(F)F)cn3)ccc2F)[C@H]2CC(F)(F)C[C@H]2O1. The number of carbonyl (C=O) groups excluding carboxylic acids is 1. The Hall–Kier alpha value is -3.72. The molecule has 7 nitrogen and oxygen atoms in total. The highest BCUT2D eigenvalue weighted by atomic mass is 19.4. The maximum atomic E-state index is 14.9. The zero-order valence-corrected chi connectivity index (χ0v) is 19.5. The molecule has 0 radical (unpaired) electrons. The second-order valence-corrected chi connectivity index (χ2v) is 9.05. The molecule has 0 spiro atoms. The number of anilines is 1. The van der Waals surface area contributed by atoms with Crippen LogP contribution in [0.15, 0.2) is 41.5 Å². The van der Waals surface area contributed by atoms with Crippen molar-refractivity contribution in [1.82, 2.24) is 4.98 Å². The first-order valence-corrected chi connectivity index (χ1v) is 11.2. The zero-order chi connectivity index (χ0) is 28.8. The van der Waals surface area contributed by atoms with Crippen molar-refractivity contribution in [3.05, 3.63) is 53.6 Å². The lowest BCUT2D eigenvalue weighted by molar-refractivity contribution is -0.290. The molecule has 1 aliphatic carbocycles. The number of halogens is 9. The number of benzene rings is 1. The molecule has 1 saturated carbocycles. The number of aromatic nitrogens is 1. The molecule has 2 aliphatic rings. The van der Waals surface area contributed by atoms with Crippen molar-refractivity contribution in [2.75, 3.05) is 18.6 Å². The number of carbonyl (C=O) groups is 1. The number of nitrogens with one attached hydrogen (secondary N) is 1. The molecule has 3 N–H and O–H groups in total. The van der Waals surface area contributed by atoms with Crippen molar-refractivity contribution in [2.45, 2.75) is 42.5 Å². The molecule has 1 amide bonds. The lowest BCUT2D eigenvalue weighted by atomic mass is 9.76. The minimum atomic E-state index is -5.82. The topological polar surface area (TPSA) is 98.8 Å². The van der Waals surface area contributed by atoms with Crippen LogP contribution in [0.25, 0.3) is 0 Å². The summed E-state index contributed by atoms with van der Waals surface area (Å²) in [5.74, 6) is -12.1. The summed E-state index contributed by atoms with van der Waals surface area (Å²) in [4.78, 5) is 20.1. The van der Waals surface area contributed by atoms with E-state index >= 15 is 0 Å². The predicted molar refractivity (Wildman–Crippen MR) is 117 cm³/mol. The average Bonchev–Trinajstić information content (AvgIpc) is 3.17. The van der Waals surface area contributed by atoms with Crippen molar-refractivity contribution in [1.29, 1.82) is 0 Å². The van der Waals surface area contributed by atoms with E-state index in [4.69, 9.17) is 10.5 Å². The Morgan fingerprint density at radius 1 is 1.15 bits per heavy atom. The Balaban J connectivity index is 1.54. The molecule has 3 atom stereocenters. The molecule has 2 heterocycles. The summed E-state index contributed by atoms with van der Waals surface area (Å²) in [5.41, 5.74) is 2.53. The molecule has 0 saturated heterocycles. The van der Waals surface area contributed by atoms with Gasteiger partial charge in [0.05, 0.1) is 6.20 Å². The molecule has 212 valence electrons. The number of alkyl halides is 8. The normalized spacial score (nSPS) is 24.4. The first-order valence-electron chi connectivity index (χ1n) is 11.2. The molecular weight excluding hydrogens is 551 g/mol. The van der Waals surface area contributed by atoms with Crippen LogP contribution in [0.2, 0.25) is 0 Å². The summed E-state index contributed by atoms with van der Waals surface area (Å²) >= 11 is 0. The summed E-state index contributed by atoms with van der Waals surface area (Å²) in [6.07, 6.45) is -7.94. The van der Waals surface area contributed by atoms with E-state index < -0.39 is 90.8 Å². The maximum absolute atomic E-state index is 14.9. The molecular formula is C23H19F9N4O3. The number of aliphatic imine (C=N–C) groups is 1. The Bertz CT molecular complexity index is 1270. The van der Waals surface area contributed by atoms with Gasteiger partial charge in [-0.3, -0.25) is 4.79 Å². The third-order valence-corrected chi connectivity index (χ3v) is 6.36. The molecule has 16 heteroatoms. The average molecular weight is 570 g/mol. The molecule has 0 unspecified atom stereocenters. The van der Waals surface area contributed by atoms with Gasteiger partial charge in [-0.05, 0) is 30.3 Å². The smallest absolute Gasteiger partial charge is 0.456 e. The van der Waals surface area contributed by atoms with E-state index in [-0.39, 0.29) is 11.4 Å². The van der Waals surface area contributed by atoms with Gasteiger partial charge < -0.3 is 20.5 Å². The summed E-state index contributed by atoms with van der Waals surface area (Å²) < 4.78 is 130. The lowest BCUT2D eigenvalue weighted by Crippen LogP contribution is -2.48. The van der Waals surface area contributed by atoms with E-state index in [0.717, 1.165) is 36.5 Å². The van der Waals surface area contributed by atoms with Gasteiger partial charge in [-0.15, -0.1) is 0 Å². The van der Waals surface area contributed by atoms with Gasteiger partial charge in [-0.2, -0.15) is 22.0 Å². The second kappa shape index (κ2) is 9.79. The number of hydrogen-bond donors (Lipinski definition) is 2.